The minimum atomic E-state index is -4.79. The SMILES string of the molecule is C=CS(=O)(=O)NC[C@H]1CCN(C(=O)c2ccc(OC(F)(F)F)cc2)C1. The lowest BCUT2D eigenvalue weighted by Gasteiger charge is -2.17. The molecule has 2 rings (SSSR count). The van der Waals surface area contributed by atoms with Crippen LogP contribution in [0.2, 0.25) is 0 Å². The summed E-state index contributed by atoms with van der Waals surface area (Å²) >= 11 is 0. The third-order valence-corrected chi connectivity index (χ3v) is 4.71. The normalized spacial score (nSPS) is 18.2. The number of halogens is 3. The number of likely N-dealkylation sites (tertiary alicyclic amines) is 1. The molecule has 0 aromatic heterocycles. The minimum absolute atomic E-state index is 0.0356. The summed E-state index contributed by atoms with van der Waals surface area (Å²) in [7, 11) is -3.51. The van der Waals surface area contributed by atoms with Gasteiger partial charge >= 0.3 is 6.36 Å². The van der Waals surface area contributed by atoms with Gasteiger partial charge in [0.25, 0.3) is 5.91 Å². The molecule has 1 saturated heterocycles. The maximum Gasteiger partial charge on any atom is 0.573 e. The Balaban J connectivity index is 1.92. The summed E-state index contributed by atoms with van der Waals surface area (Å²) in [6.45, 7) is 4.19. The lowest BCUT2D eigenvalue weighted by Crippen LogP contribution is -2.32. The molecule has 1 aromatic carbocycles. The highest BCUT2D eigenvalue weighted by molar-refractivity contribution is 7.92. The highest BCUT2D eigenvalue weighted by Crippen LogP contribution is 2.24. The van der Waals surface area contributed by atoms with E-state index in [1.807, 2.05) is 0 Å². The molecule has 0 aliphatic carbocycles. The van der Waals surface area contributed by atoms with E-state index in [0.29, 0.717) is 19.5 Å². The Bertz CT molecular complexity index is 732. The maximum atomic E-state index is 12.4. The first-order chi connectivity index (χ1) is 11.6. The topological polar surface area (TPSA) is 75.7 Å². The highest BCUT2D eigenvalue weighted by Gasteiger charge is 2.31. The van der Waals surface area contributed by atoms with Gasteiger partial charge in [0.15, 0.2) is 0 Å². The molecule has 1 aliphatic rings. The largest absolute Gasteiger partial charge is 0.573 e. The van der Waals surface area contributed by atoms with Crippen molar-refractivity contribution in [2.75, 3.05) is 19.6 Å². The second kappa shape index (κ2) is 7.44. The second-order valence-corrected chi connectivity index (χ2v) is 7.25. The number of nitrogens with zero attached hydrogens (tertiary/aromatic N) is 1. The number of hydrogen-bond donors (Lipinski definition) is 1. The molecule has 25 heavy (non-hydrogen) atoms. The van der Waals surface area contributed by atoms with Crippen molar-refractivity contribution in [3.63, 3.8) is 0 Å². The molecule has 0 radical (unpaired) electrons. The summed E-state index contributed by atoms with van der Waals surface area (Å²) in [4.78, 5) is 13.9. The van der Waals surface area contributed by atoms with Gasteiger partial charge in [0, 0.05) is 30.6 Å². The first kappa shape index (κ1) is 19.3. The van der Waals surface area contributed by atoms with Crippen LogP contribution in [-0.2, 0) is 10.0 Å². The molecule has 1 heterocycles. The van der Waals surface area contributed by atoms with E-state index in [1.165, 1.54) is 17.0 Å². The van der Waals surface area contributed by atoms with Gasteiger partial charge in [-0.2, -0.15) is 0 Å². The van der Waals surface area contributed by atoms with E-state index in [-0.39, 0.29) is 23.9 Å². The Labute approximate surface area is 143 Å². The standard InChI is InChI=1S/C15H17F3N2O4S/c1-2-25(22,23)19-9-11-7-8-20(10-11)14(21)12-3-5-13(6-4-12)24-15(16,17)18/h2-6,11,19H,1,7-10H2/t11-/m1/s1. The molecule has 0 spiro atoms. The van der Waals surface area contributed by atoms with E-state index in [0.717, 1.165) is 17.5 Å². The summed E-state index contributed by atoms with van der Waals surface area (Å²) in [5.74, 6) is -0.763. The van der Waals surface area contributed by atoms with Crippen LogP contribution in [0.25, 0.3) is 0 Å². The highest BCUT2D eigenvalue weighted by atomic mass is 32.2. The van der Waals surface area contributed by atoms with E-state index in [9.17, 15) is 26.4 Å². The third kappa shape index (κ3) is 5.75. The first-order valence-electron chi connectivity index (χ1n) is 7.37. The smallest absolute Gasteiger partial charge is 0.406 e. The zero-order valence-corrected chi connectivity index (χ0v) is 13.9. The van der Waals surface area contributed by atoms with Gasteiger partial charge in [-0.1, -0.05) is 6.58 Å². The second-order valence-electron chi connectivity index (χ2n) is 5.54. The summed E-state index contributed by atoms with van der Waals surface area (Å²) in [5, 5.41) is 0.815. The molecule has 1 fully saturated rings. The Morgan fingerprint density at radius 2 is 2.00 bits per heavy atom. The number of rotatable bonds is 6. The predicted octanol–water partition coefficient (Wildman–Crippen LogP) is 2.11. The summed E-state index contributed by atoms with van der Waals surface area (Å²) < 4.78 is 65.1. The number of amides is 1. The van der Waals surface area contributed by atoms with Gasteiger partial charge in [-0.3, -0.25) is 4.79 Å². The number of benzene rings is 1. The third-order valence-electron chi connectivity index (χ3n) is 3.70. The van der Waals surface area contributed by atoms with Gasteiger partial charge in [0.1, 0.15) is 5.75 Å². The van der Waals surface area contributed by atoms with Crippen LogP contribution in [0.15, 0.2) is 36.3 Å². The Morgan fingerprint density at radius 1 is 1.36 bits per heavy atom. The predicted molar refractivity (Wildman–Crippen MR) is 84.3 cm³/mol. The summed E-state index contributed by atoms with van der Waals surface area (Å²) in [6, 6.07) is 4.67. The molecule has 1 atom stereocenters. The van der Waals surface area contributed by atoms with Gasteiger partial charge in [-0.15, -0.1) is 13.2 Å². The number of nitrogens with one attached hydrogen (secondary N) is 1. The van der Waals surface area contributed by atoms with E-state index >= 15 is 0 Å². The Kier molecular flexibility index (Phi) is 5.73. The Morgan fingerprint density at radius 3 is 2.56 bits per heavy atom. The van der Waals surface area contributed by atoms with Gasteiger partial charge in [-0.25, -0.2) is 13.1 Å². The van der Waals surface area contributed by atoms with Crippen LogP contribution in [0.1, 0.15) is 16.8 Å². The van der Waals surface area contributed by atoms with Gasteiger partial charge in [0.05, 0.1) is 0 Å². The Hall–Kier alpha value is -2.07. The lowest BCUT2D eigenvalue weighted by molar-refractivity contribution is -0.274. The first-order valence-corrected chi connectivity index (χ1v) is 8.91. The molecular weight excluding hydrogens is 361 g/mol. The van der Waals surface area contributed by atoms with Crippen LogP contribution >= 0.6 is 0 Å². The molecule has 0 bridgehead atoms. The van der Waals surface area contributed by atoms with Crippen molar-refractivity contribution < 1.29 is 31.1 Å². The van der Waals surface area contributed by atoms with E-state index in [4.69, 9.17) is 0 Å². The quantitative estimate of drug-likeness (QED) is 0.823. The summed E-state index contributed by atoms with van der Waals surface area (Å²) in [5.41, 5.74) is 0.238. The molecule has 10 heteroatoms. The van der Waals surface area contributed by atoms with Gasteiger partial charge < -0.3 is 9.64 Å². The molecule has 1 aliphatic heterocycles. The van der Waals surface area contributed by atoms with Crippen molar-refractivity contribution >= 4 is 15.9 Å². The molecule has 138 valence electrons. The van der Waals surface area contributed by atoms with Crippen molar-refractivity contribution in [1.29, 1.82) is 0 Å². The number of carbonyl (C=O) groups is 1. The van der Waals surface area contributed by atoms with E-state index < -0.39 is 22.1 Å². The van der Waals surface area contributed by atoms with Crippen LogP contribution in [-0.4, -0.2) is 45.2 Å². The fourth-order valence-electron chi connectivity index (χ4n) is 2.46. The van der Waals surface area contributed by atoms with Crippen molar-refractivity contribution in [2.24, 2.45) is 5.92 Å². The van der Waals surface area contributed by atoms with Crippen molar-refractivity contribution in [1.82, 2.24) is 9.62 Å². The van der Waals surface area contributed by atoms with Crippen molar-refractivity contribution in [3.8, 4) is 5.75 Å². The number of sulfonamides is 1. The van der Waals surface area contributed by atoms with Crippen LogP contribution in [0.5, 0.6) is 5.75 Å². The molecule has 0 unspecified atom stereocenters. The average Bonchev–Trinajstić information content (AvgIpc) is 3.01. The monoisotopic (exact) mass is 378 g/mol. The number of carbonyl (C=O) groups excluding carboxylic acids is 1. The number of ether oxygens (including phenoxy) is 1. The van der Waals surface area contributed by atoms with E-state index in [2.05, 4.69) is 16.0 Å². The fourth-order valence-corrected chi connectivity index (χ4v) is 3.04. The van der Waals surface area contributed by atoms with Crippen LogP contribution in [0.4, 0.5) is 13.2 Å². The van der Waals surface area contributed by atoms with Crippen LogP contribution < -0.4 is 9.46 Å². The number of alkyl halides is 3. The molecule has 1 N–H and O–H groups in total. The maximum absolute atomic E-state index is 12.4. The van der Waals surface area contributed by atoms with Crippen molar-refractivity contribution in [3.05, 3.63) is 41.8 Å². The van der Waals surface area contributed by atoms with Crippen molar-refractivity contribution in [2.45, 2.75) is 12.8 Å². The molecular formula is C15H17F3N2O4S. The average molecular weight is 378 g/mol. The van der Waals surface area contributed by atoms with E-state index in [1.54, 1.807) is 0 Å². The molecule has 6 nitrogen and oxygen atoms in total. The lowest BCUT2D eigenvalue weighted by atomic mass is 10.1. The minimum Gasteiger partial charge on any atom is -0.406 e. The zero-order valence-electron chi connectivity index (χ0n) is 13.1. The molecule has 1 aromatic rings. The molecule has 1 amide bonds. The molecule has 0 saturated carbocycles. The zero-order chi connectivity index (χ0) is 18.7. The van der Waals surface area contributed by atoms with Gasteiger partial charge in [-0.05, 0) is 36.6 Å². The number of hydrogen-bond acceptors (Lipinski definition) is 4. The summed E-state index contributed by atoms with van der Waals surface area (Å²) in [6.07, 6.45) is -4.16. The van der Waals surface area contributed by atoms with Gasteiger partial charge in [0.2, 0.25) is 10.0 Å². The van der Waals surface area contributed by atoms with Crippen LogP contribution in [0.3, 0.4) is 0 Å². The fraction of sp³-hybridized carbons (Fsp3) is 0.400. The van der Waals surface area contributed by atoms with Crippen LogP contribution in [0, 0.1) is 5.92 Å².